The lowest BCUT2D eigenvalue weighted by molar-refractivity contribution is -0.142. The van der Waals surface area contributed by atoms with Gasteiger partial charge in [0.2, 0.25) is 17.7 Å². The summed E-state index contributed by atoms with van der Waals surface area (Å²) in [4.78, 5) is 41.6. The van der Waals surface area contributed by atoms with E-state index in [9.17, 15) is 18.8 Å². The molecule has 0 aliphatic rings. The molecule has 3 rings (SSSR count). The van der Waals surface area contributed by atoms with Gasteiger partial charge in [0.05, 0.1) is 14.2 Å². The second kappa shape index (κ2) is 13.1. The zero-order valence-corrected chi connectivity index (χ0v) is 23.5. The molecule has 214 valence electrons. The van der Waals surface area contributed by atoms with Crippen LogP contribution < -0.4 is 20.1 Å². The number of methoxy groups -OCH3 is 2. The second-order valence-corrected chi connectivity index (χ2v) is 10.2. The lowest BCUT2D eigenvalue weighted by Gasteiger charge is -2.34. The molecule has 1 atom stereocenters. The zero-order chi connectivity index (χ0) is 29.4. The molecule has 0 saturated heterocycles. The summed E-state index contributed by atoms with van der Waals surface area (Å²) in [7, 11) is 2.92. The summed E-state index contributed by atoms with van der Waals surface area (Å²) in [5.74, 6) is -0.388. The first kappa shape index (κ1) is 30.1. The fourth-order valence-electron chi connectivity index (χ4n) is 4.12. The Kier molecular flexibility index (Phi) is 9.87. The van der Waals surface area contributed by atoms with E-state index in [4.69, 9.17) is 14.0 Å². The maximum absolute atomic E-state index is 13.8. The number of nitrogens with zero attached hydrogens (tertiary/aromatic N) is 2. The molecule has 2 N–H and O–H groups in total. The number of aryl methyl sites for hydroxylation is 1. The minimum Gasteiger partial charge on any atom is -0.493 e. The van der Waals surface area contributed by atoms with Gasteiger partial charge < -0.3 is 29.5 Å². The number of hydrogen-bond donors (Lipinski definition) is 2. The molecular formula is C29H35FN4O6. The molecule has 1 aromatic heterocycles. The van der Waals surface area contributed by atoms with E-state index < -0.39 is 35.1 Å². The highest BCUT2D eigenvalue weighted by Gasteiger charge is 2.36. The van der Waals surface area contributed by atoms with E-state index in [1.807, 2.05) is 20.8 Å². The van der Waals surface area contributed by atoms with Crippen LogP contribution in [-0.2, 0) is 20.9 Å². The number of rotatable bonds is 11. The van der Waals surface area contributed by atoms with Crippen molar-refractivity contribution in [1.82, 2.24) is 15.4 Å². The molecule has 1 heterocycles. The molecule has 0 spiro atoms. The fraction of sp³-hybridized carbons (Fsp3) is 0.379. The monoisotopic (exact) mass is 554 g/mol. The number of nitrogens with one attached hydrogen (secondary N) is 2. The fourth-order valence-corrected chi connectivity index (χ4v) is 4.12. The molecule has 40 heavy (non-hydrogen) atoms. The van der Waals surface area contributed by atoms with Gasteiger partial charge in [0.25, 0.3) is 0 Å². The van der Waals surface area contributed by atoms with Crippen molar-refractivity contribution in [2.24, 2.45) is 0 Å². The Bertz CT molecular complexity index is 1330. The summed E-state index contributed by atoms with van der Waals surface area (Å²) >= 11 is 0. The second-order valence-electron chi connectivity index (χ2n) is 10.2. The van der Waals surface area contributed by atoms with Crippen LogP contribution in [0.4, 0.5) is 10.2 Å². The molecule has 11 heteroatoms. The summed E-state index contributed by atoms with van der Waals surface area (Å²) in [6, 6.07) is 11.1. The van der Waals surface area contributed by atoms with E-state index in [0.717, 1.165) is 0 Å². The highest BCUT2D eigenvalue weighted by molar-refractivity contribution is 5.94. The summed E-state index contributed by atoms with van der Waals surface area (Å²) in [5.41, 5.74) is 0.357. The first-order valence-corrected chi connectivity index (χ1v) is 12.7. The number of hydrogen-bond acceptors (Lipinski definition) is 7. The molecule has 2 aromatic carbocycles. The van der Waals surface area contributed by atoms with E-state index in [2.05, 4.69) is 15.8 Å². The first-order valence-electron chi connectivity index (χ1n) is 12.7. The van der Waals surface area contributed by atoms with Gasteiger partial charge in [0.1, 0.15) is 17.6 Å². The predicted octanol–water partition coefficient (Wildman–Crippen LogP) is 4.54. The van der Waals surface area contributed by atoms with E-state index in [1.165, 1.54) is 43.4 Å². The number of para-hydroxylation sites is 1. The Morgan fingerprint density at radius 2 is 1.75 bits per heavy atom. The van der Waals surface area contributed by atoms with Crippen LogP contribution in [0.15, 0.2) is 53.1 Å². The molecule has 0 aliphatic carbocycles. The molecule has 0 unspecified atom stereocenters. The number of anilines is 1. The summed E-state index contributed by atoms with van der Waals surface area (Å²) in [6.07, 6.45) is -0.386. The Hall–Kier alpha value is -4.41. The van der Waals surface area contributed by atoms with Gasteiger partial charge in [-0.25, -0.2) is 4.39 Å². The topological polar surface area (TPSA) is 123 Å². The molecule has 0 saturated carbocycles. The van der Waals surface area contributed by atoms with Crippen LogP contribution in [-0.4, -0.2) is 47.5 Å². The minimum atomic E-state index is -1.16. The Morgan fingerprint density at radius 1 is 1.05 bits per heavy atom. The van der Waals surface area contributed by atoms with Crippen molar-refractivity contribution in [2.45, 2.75) is 58.7 Å². The van der Waals surface area contributed by atoms with Crippen molar-refractivity contribution in [3.8, 4) is 11.5 Å². The van der Waals surface area contributed by atoms with Crippen molar-refractivity contribution in [1.29, 1.82) is 0 Å². The average Bonchev–Trinajstić information content (AvgIpc) is 3.30. The summed E-state index contributed by atoms with van der Waals surface area (Å²) in [5, 5.41) is 9.27. The molecule has 0 fully saturated rings. The Morgan fingerprint density at radius 3 is 2.33 bits per heavy atom. The van der Waals surface area contributed by atoms with Gasteiger partial charge in [0.15, 0.2) is 17.3 Å². The predicted molar refractivity (Wildman–Crippen MR) is 146 cm³/mol. The van der Waals surface area contributed by atoms with Gasteiger partial charge in [-0.3, -0.25) is 14.4 Å². The van der Waals surface area contributed by atoms with Gasteiger partial charge in [-0.05, 0) is 51.5 Å². The highest BCUT2D eigenvalue weighted by Crippen LogP contribution is 2.38. The van der Waals surface area contributed by atoms with Crippen LogP contribution in [0.3, 0.4) is 0 Å². The zero-order valence-electron chi connectivity index (χ0n) is 23.5. The van der Waals surface area contributed by atoms with E-state index in [-0.39, 0.29) is 31.0 Å². The third kappa shape index (κ3) is 8.05. The van der Waals surface area contributed by atoms with Crippen molar-refractivity contribution >= 4 is 23.5 Å². The third-order valence-electron chi connectivity index (χ3n) is 5.83. The Balaban J connectivity index is 2.01. The number of halogens is 1. The van der Waals surface area contributed by atoms with E-state index in [1.54, 1.807) is 31.2 Å². The maximum atomic E-state index is 13.8. The highest BCUT2D eigenvalue weighted by atomic mass is 19.1. The molecule has 0 aliphatic heterocycles. The number of aromatic nitrogens is 1. The number of ether oxygens (including phenoxy) is 2. The largest absolute Gasteiger partial charge is 0.493 e. The number of benzene rings is 2. The Labute approximate surface area is 232 Å². The van der Waals surface area contributed by atoms with E-state index >= 15 is 0 Å². The molecule has 10 nitrogen and oxygen atoms in total. The SMILES string of the molecule is COc1cccc([C@@H](C(=O)NC(C)(C)C)N(Cc2ccc(F)cc2)C(=O)CCC(=O)Nc2cc(C)on2)c1OC. The summed E-state index contributed by atoms with van der Waals surface area (Å²) < 4.78 is 29.7. The van der Waals surface area contributed by atoms with E-state index in [0.29, 0.717) is 22.6 Å². The van der Waals surface area contributed by atoms with Gasteiger partial charge in [-0.2, -0.15) is 0 Å². The first-order chi connectivity index (χ1) is 18.9. The van der Waals surface area contributed by atoms with Crippen LogP contribution in [0.5, 0.6) is 11.5 Å². The third-order valence-corrected chi connectivity index (χ3v) is 5.83. The summed E-state index contributed by atoms with van der Waals surface area (Å²) in [6.45, 7) is 7.13. The van der Waals surface area contributed by atoms with Crippen molar-refractivity contribution < 1.29 is 32.8 Å². The van der Waals surface area contributed by atoms with Crippen molar-refractivity contribution in [2.75, 3.05) is 19.5 Å². The van der Waals surface area contributed by atoms with Gasteiger partial charge in [-0.15, -0.1) is 0 Å². The average molecular weight is 555 g/mol. The van der Waals surface area contributed by atoms with Crippen LogP contribution in [0.1, 0.15) is 56.5 Å². The number of amides is 3. The minimum absolute atomic E-state index is 0.0359. The van der Waals surface area contributed by atoms with Crippen LogP contribution in [0.2, 0.25) is 0 Å². The molecular weight excluding hydrogens is 519 g/mol. The molecule has 3 amide bonds. The number of carbonyl (C=O) groups is 3. The molecule has 0 bridgehead atoms. The van der Waals surface area contributed by atoms with Gasteiger partial charge >= 0.3 is 0 Å². The van der Waals surface area contributed by atoms with Crippen LogP contribution in [0.25, 0.3) is 0 Å². The normalized spacial score (nSPS) is 11.9. The van der Waals surface area contributed by atoms with Crippen molar-refractivity contribution in [3.05, 3.63) is 71.2 Å². The molecule has 3 aromatic rings. The van der Waals surface area contributed by atoms with Gasteiger partial charge in [-0.1, -0.05) is 29.4 Å². The lowest BCUT2D eigenvalue weighted by Crippen LogP contribution is -2.49. The van der Waals surface area contributed by atoms with Crippen LogP contribution in [0, 0.1) is 12.7 Å². The quantitative estimate of drug-likeness (QED) is 0.357. The van der Waals surface area contributed by atoms with Crippen molar-refractivity contribution in [3.63, 3.8) is 0 Å². The van der Waals surface area contributed by atoms with Gasteiger partial charge in [0, 0.05) is 36.6 Å². The molecule has 0 radical (unpaired) electrons. The smallest absolute Gasteiger partial charge is 0.248 e. The lowest BCUT2D eigenvalue weighted by atomic mass is 9.98. The standard InChI is InChI=1S/C29H35FN4O6/c1-18-16-23(33-40-18)31-24(35)14-15-25(36)34(17-19-10-12-20(30)13-11-19)26(28(37)32-29(2,3)4)21-8-7-9-22(38-5)27(21)39-6/h7-13,16,26H,14-15,17H2,1-6H3,(H,32,37)(H,31,33,35)/t26-/m0/s1. The maximum Gasteiger partial charge on any atom is 0.248 e. The number of carbonyl (C=O) groups excluding carboxylic acids is 3. The van der Waals surface area contributed by atoms with Crippen LogP contribution >= 0.6 is 0 Å².